The quantitative estimate of drug-likeness (QED) is 0.876. The molecule has 0 amide bonds. The molecule has 0 atom stereocenters. The lowest BCUT2D eigenvalue weighted by atomic mass is 10.1. The van der Waals surface area contributed by atoms with Crippen LogP contribution in [0.5, 0.6) is 0 Å². The third kappa shape index (κ3) is 4.15. The minimum absolute atomic E-state index is 0.200. The fourth-order valence-electron chi connectivity index (χ4n) is 2.28. The molecule has 0 radical (unpaired) electrons. The van der Waals surface area contributed by atoms with Crippen LogP contribution in [0.15, 0.2) is 48.5 Å². The summed E-state index contributed by atoms with van der Waals surface area (Å²) in [5.41, 5.74) is 9.00. The van der Waals surface area contributed by atoms with E-state index in [9.17, 15) is 4.39 Å². The Bertz CT molecular complexity index is 540. The molecule has 0 bridgehead atoms. The predicted molar refractivity (Wildman–Crippen MR) is 80.8 cm³/mol. The Balaban J connectivity index is 1.94. The first-order valence-corrected chi connectivity index (χ1v) is 6.89. The summed E-state index contributed by atoms with van der Waals surface area (Å²) < 4.78 is 13.3. The third-order valence-electron chi connectivity index (χ3n) is 3.45. The van der Waals surface area contributed by atoms with Crippen molar-refractivity contribution in [2.75, 3.05) is 13.6 Å². The predicted octanol–water partition coefficient (Wildman–Crippen LogP) is 2.96. The van der Waals surface area contributed by atoms with Crippen LogP contribution in [0.1, 0.15) is 16.7 Å². The van der Waals surface area contributed by atoms with Gasteiger partial charge in [-0.1, -0.05) is 36.4 Å². The van der Waals surface area contributed by atoms with Crippen LogP contribution in [-0.4, -0.2) is 18.5 Å². The molecule has 2 nitrogen and oxygen atoms in total. The van der Waals surface area contributed by atoms with Gasteiger partial charge in [-0.15, -0.1) is 0 Å². The maximum atomic E-state index is 13.3. The summed E-state index contributed by atoms with van der Waals surface area (Å²) in [6.45, 7) is 2.10. The Kier molecular flexibility index (Phi) is 5.27. The fourth-order valence-corrected chi connectivity index (χ4v) is 2.28. The van der Waals surface area contributed by atoms with Crippen LogP contribution in [0.25, 0.3) is 0 Å². The number of hydrogen-bond acceptors (Lipinski definition) is 2. The molecule has 2 aromatic carbocycles. The molecule has 20 heavy (non-hydrogen) atoms. The summed E-state index contributed by atoms with van der Waals surface area (Å²) in [6.07, 6.45) is 0.991. The maximum absolute atomic E-state index is 13.3. The van der Waals surface area contributed by atoms with Crippen LogP contribution < -0.4 is 5.73 Å². The summed E-state index contributed by atoms with van der Waals surface area (Å²) in [5, 5.41) is 0. The van der Waals surface area contributed by atoms with E-state index in [1.54, 1.807) is 12.1 Å². The molecule has 0 aliphatic heterocycles. The summed E-state index contributed by atoms with van der Waals surface area (Å²) in [4.78, 5) is 2.20. The Hall–Kier alpha value is -1.71. The standard InChI is InChI=1S/C17H21FN2/c1-20(10-9-14-5-3-2-4-6-14)13-16-11-17(18)8-7-15(16)12-19/h2-8,11H,9-10,12-13,19H2,1H3. The zero-order valence-electron chi connectivity index (χ0n) is 11.8. The molecule has 2 N–H and O–H groups in total. The van der Waals surface area contributed by atoms with Crippen LogP contribution in [0, 0.1) is 5.82 Å². The van der Waals surface area contributed by atoms with Crippen molar-refractivity contribution in [3.8, 4) is 0 Å². The third-order valence-corrected chi connectivity index (χ3v) is 3.45. The lowest BCUT2D eigenvalue weighted by Gasteiger charge is -2.18. The van der Waals surface area contributed by atoms with Crippen molar-refractivity contribution >= 4 is 0 Å². The largest absolute Gasteiger partial charge is 0.326 e. The molecule has 2 rings (SSSR count). The van der Waals surface area contributed by atoms with Gasteiger partial charge in [0.2, 0.25) is 0 Å². The van der Waals surface area contributed by atoms with Crippen LogP contribution >= 0.6 is 0 Å². The highest BCUT2D eigenvalue weighted by atomic mass is 19.1. The molecule has 0 aliphatic carbocycles. The fraction of sp³-hybridized carbons (Fsp3) is 0.294. The Morgan fingerprint density at radius 1 is 1.05 bits per heavy atom. The molecule has 0 saturated carbocycles. The van der Waals surface area contributed by atoms with Gasteiger partial charge in [-0.25, -0.2) is 4.39 Å². The van der Waals surface area contributed by atoms with E-state index in [1.807, 2.05) is 13.1 Å². The van der Waals surface area contributed by atoms with Gasteiger partial charge < -0.3 is 10.6 Å². The molecular weight excluding hydrogens is 251 g/mol. The Morgan fingerprint density at radius 2 is 1.80 bits per heavy atom. The lowest BCUT2D eigenvalue weighted by molar-refractivity contribution is 0.329. The normalized spacial score (nSPS) is 11.0. The molecule has 0 saturated heterocycles. The van der Waals surface area contributed by atoms with Gasteiger partial charge in [-0.3, -0.25) is 0 Å². The first kappa shape index (κ1) is 14.7. The number of hydrogen-bond donors (Lipinski definition) is 1. The van der Waals surface area contributed by atoms with Gasteiger partial charge in [0.15, 0.2) is 0 Å². The van der Waals surface area contributed by atoms with E-state index in [0.717, 1.165) is 30.6 Å². The van der Waals surface area contributed by atoms with Crippen molar-refractivity contribution < 1.29 is 4.39 Å². The molecule has 3 heteroatoms. The zero-order valence-corrected chi connectivity index (χ0v) is 11.8. The Labute approximate surface area is 120 Å². The van der Waals surface area contributed by atoms with Crippen LogP contribution in [0.2, 0.25) is 0 Å². The van der Waals surface area contributed by atoms with E-state index < -0.39 is 0 Å². The molecule has 0 aromatic heterocycles. The number of nitrogens with zero attached hydrogens (tertiary/aromatic N) is 1. The van der Waals surface area contributed by atoms with Gasteiger partial charge in [-0.05, 0) is 42.3 Å². The smallest absolute Gasteiger partial charge is 0.123 e. The highest BCUT2D eigenvalue weighted by Gasteiger charge is 2.06. The number of halogens is 1. The van der Waals surface area contributed by atoms with Crippen LogP contribution in [0.3, 0.4) is 0 Å². The SMILES string of the molecule is CN(CCc1ccccc1)Cc1cc(F)ccc1CN. The van der Waals surface area contributed by atoms with Gasteiger partial charge in [0.05, 0.1) is 0 Å². The van der Waals surface area contributed by atoms with Crippen molar-refractivity contribution in [1.82, 2.24) is 4.90 Å². The highest BCUT2D eigenvalue weighted by Crippen LogP contribution is 2.13. The van der Waals surface area contributed by atoms with Gasteiger partial charge in [0.25, 0.3) is 0 Å². The molecule has 0 unspecified atom stereocenters. The first-order chi connectivity index (χ1) is 9.69. The second-order valence-corrected chi connectivity index (χ2v) is 5.09. The summed E-state index contributed by atoms with van der Waals surface area (Å²) >= 11 is 0. The van der Waals surface area contributed by atoms with Gasteiger partial charge >= 0.3 is 0 Å². The second-order valence-electron chi connectivity index (χ2n) is 5.09. The summed E-state index contributed by atoms with van der Waals surface area (Å²) in [7, 11) is 2.05. The van der Waals surface area contributed by atoms with E-state index in [4.69, 9.17) is 5.73 Å². The average molecular weight is 272 g/mol. The average Bonchev–Trinajstić information content (AvgIpc) is 2.46. The van der Waals surface area contributed by atoms with E-state index >= 15 is 0 Å². The van der Waals surface area contributed by atoms with Gasteiger partial charge in [-0.2, -0.15) is 0 Å². The van der Waals surface area contributed by atoms with E-state index in [1.165, 1.54) is 11.6 Å². The first-order valence-electron chi connectivity index (χ1n) is 6.89. The number of rotatable bonds is 6. The van der Waals surface area contributed by atoms with Gasteiger partial charge in [0, 0.05) is 19.6 Å². The van der Waals surface area contributed by atoms with Crippen molar-refractivity contribution in [3.63, 3.8) is 0 Å². The van der Waals surface area contributed by atoms with E-state index in [2.05, 4.69) is 29.2 Å². The topological polar surface area (TPSA) is 29.3 Å². The van der Waals surface area contributed by atoms with E-state index in [-0.39, 0.29) is 5.82 Å². The monoisotopic (exact) mass is 272 g/mol. The van der Waals surface area contributed by atoms with Crippen molar-refractivity contribution in [2.45, 2.75) is 19.5 Å². The second kappa shape index (κ2) is 7.17. The molecule has 2 aromatic rings. The van der Waals surface area contributed by atoms with Crippen LogP contribution in [-0.2, 0) is 19.5 Å². The molecule has 106 valence electrons. The van der Waals surface area contributed by atoms with Crippen molar-refractivity contribution in [1.29, 1.82) is 0 Å². The van der Waals surface area contributed by atoms with Gasteiger partial charge in [0.1, 0.15) is 5.82 Å². The molecule has 0 fully saturated rings. The van der Waals surface area contributed by atoms with Crippen molar-refractivity contribution in [2.24, 2.45) is 5.73 Å². The molecular formula is C17H21FN2. The lowest BCUT2D eigenvalue weighted by Crippen LogP contribution is -2.22. The molecule has 0 spiro atoms. The minimum Gasteiger partial charge on any atom is -0.326 e. The number of benzene rings is 2. The molecule has 0 aliphatic rings. The number of nitrogens with two attached hydrogens (primary N) is 1. The molecule has 0 heterocycles. The summed E-state index contributed by atoms with van der Waals surface area (Å²) in [6, 6.07) is 15.2. The summed E-state index contributed by atoms with van der Waals surface area (Å²) in [5.74, 6) is -0.200. The highest BCUT2D eigenvalue weighted by molar-refractivity contribution is 5.27. The number of likely N-dealkylation sites (N-methyl/N-ethyl adjacent to an activating group) is 1. The maximum Gasteiger partial charge on any atom is 0.123 e. The Morgan fingerprint density at radius 3 is 2.50 bits per heavy atom. The van der Waals surface area contributed by atoms with Crippen LogP contribution in [0.4, 0.5) is 4.39 Å². The minimum atomic E-state index is -0.200. The van der Waals surface area contributed by atoms with E-state index in [0.29, 0.717) is 6.54 Å². The van der Waals surface area contributed by atoms with Crippen molar-refractivity contribution in [3.05, 3.63) is 71.0 Å². The zero-order chi connectivity index (χ0) is 14.4.